The zero-order valence-corrected chi connectivity index (χ0v) is 16.7. The van der Waals surface area contributed by atoms with E-state index in [0.717, 1.165) is 28.5 Å². The van der Waals surface area contributed by atoms with Crippen molar-refractivity contribution in [3.05, 3.63) is 35.2 Å². The van der Waals surface area contributed by atoms with E-state index in [0.29, 0.717) is 6.61 Å². The van der Waals surface area contributed by atoms with Crippen LogP contribution in [0.3, 0.4) is 0 Å². The zero-order valence-electron chi connectivity index (χ0n) is 14.2. The molecule has 0 spiro atoms. The maximum absolute atomic E-state index is 12.9. The molecule has 25 heavy (non-hydrogen) atoms. The van der Waals surface area contributed by atoms with E-state index in [1.165, 1.54) is 18.2 Å². The number of nitrogens with two attached hydrogens (primary N) is 1. The molecule has 0 radical (unpaired) electrons. The molecule has 9 heteroatoms. The van der Waals surface area contributed by atoms with E-state index in [1.807, 2.05) is 13.8 Å². The maximum Gasteiger partial charge on any atom is 0.216 e. The van der Waals surface area contributed by atoms with Gasteiger partial charge in [0.25, 0.3) is 0 Å². The first-order chi connectivity index (χ1) is 11.5. The van der Waals surface area contributed by atoms with Crippen LogP contribution in [0.5, 0.6) is 5.75 Å². The minimum atomic E-state index is -3.85. The fourth-order valence-electron chi connectivity index (χ4n) is 1.99. The Labute approximate surface area is 152 Å². The van der Waals surface area contributed by atoms with Crippen molar-refractivity contribution in [2.45, 2.75) is 34.4 Å². The van der Waals surface area contributed by atoms with Gasteiger partial charge in [0.15, 0.2) is 9.84 Å². The van der Waals surface area contributed by atoms with Gasteiger partial charge in [-0.05, 0) is 36.2 Å². The van der Waals surface area contributed by atoms with Gasteiger partial charge in [0.1, 0.15) is 9.96 Å². The summed E-state index contributed by atoms with van der Waals surface area (Å²) in [6, 6.07) is 6.98. The Morgan fingerprint density at radius 3 is 2.24 bits per heavy atom. The largest absolute Gasteiger partial charge is 0.493 e. The minimum absolute atomic E-state index is 0.0945. The van der Waals surface area contributed by atoms with Crippen LogP contribution in [-0.4, -0.2) is 29.7 Å². The first-order valence-electron chi connectivity index (χ1n) is 7.56. The number of sulfone groups is 2. The van der Waals surface area contributed by atoms with Crippen molar-refractivity contribution < 1.29 is 21.6 Å². The SMILES string of the molecule is CC(C)COc1cc(S(C)(=O)=O)cc(S(=O)(=O)c2ccc(CN)s2)c1. The molecular weight excluding hydrogens is 382 g/mol. The van der Waals surface area contributed by atoms with Crippen molar-refractivity contribution in [1.29, 1.82) is 0 Å². The Bertz CT molecular complexity index is 959. The number of ether oxygens (including phenoxy) is 1. The van der Waals surface area contributed by atoms with E-state index >= 15 is 0 Å². The summed E-state index contributed by atoms with van der Waals surface area (Å²) in [6.45, 7) is 4.48. The summed E-state index contributed by atoms with van der Waals surface area (Å²) >= 11 is 1.07. The lowest BCUT2D eigenvalue weighted by Crippen LogP contribution is -2.08. The molecule has 6 nitrogen and oxygen atoms in total. The van der Waals surface area contributed by atoms with Crippen molar-refractivity contribution in [3.63, 3.8) is 0 Å². The van der Waals surface area contributed by atoms with Crippen LogP contribution in [-0.2, 0) is 26.2 Å². The van der Waals surface area contributed by atoms with E-state index in [2.05, 4.69) is 0 Å². The zero-order chi connectivity index (χ0) is 18.8. The molecular formula is C16H21NO5S3. The molecule has 1 heterocycles. The van der Waals surface area contributed by atoms with Crippen LogP contribution < -0.4 is 10.5 Å². The predicted octanol–water partition coefficient (Wildman–Crippen LogP) is 2.48. The average molecular weight is 404 g/mol. The third-order valence-electron chi connectivity index (χ3n) is 3.28. The molecule has 1 aromatic carbocycles. The maximum atomic E-state index is 12.9. The molecule has 0 unspecified atom stereocenters. The average Bonchev–Trinajstić information content (AvgIpc) is 3.01. The molecule has 0 aliphatic heterocycles. The standard InChI is InChI=1S/C16H21NO5S3/c1-11(2)10-22-12-6-14(24(3,18)19)8-15(7-12)25(20,21)16-5-4-13(9-17)23-16/h4-8,11H,9-10,17H2,1-3H3. The van der Waals surface area contributed by atoms with Gasteiger partial charge >= 0.3 is 0 Å². The third-order valence-corrected chi connectivity index (χ3v) is 7.70. The second-order valence-corrected chi connectivity index (χ2v) is 11.4. The van der Waals surface area contributed by atoms with E-state index in [4.69, 9.17) is 10.5 Å². The van der Waals surface area contributed by atoms with Gasteiger partial charge in [-0.25, -0.2) is 16.8 Å². The normalized spacial score (nSPS) is 12.5. The van der Waals surface area contributed by atoms with Crippen molar-refractivity contribution >= 4 is 31.0 Å². The van der Waals surface area contributed by atoms with Gasteiger partial charge in [0.05, 0.1) is 16.4 Å². The van der Waals surface area contributed by atoms with Crippen LogP contribution in [0.15, 0.2) is 44.3 Å². The van der Waals surface area contributed by atoms with Gasteiger partial charge in [0, 0.05) is 17.7 Å². The van der Waals surface area contributed by atoms with Gasteiger partial charge in [0.2, 0.25) is 9.84 Å². The van der Waals surface area contributed by atoms with Crippen molar-refractivity contribution in [2.24, 2.45) is 11.7 Å². The van der Waals surface area contributed by atoms with Gasteiger partial charge in [-0.1, -0.05) is 13.8 Å². The second kappa shape index (κ2) is 7.45. The molecule has 0 aliphatic rings. The number of hydrogen-bond acceptors (Lipinski definition) is 7. The Hall–Kier alpha value is -1.42. The second-order valence-electron chi connectivity index (χ2n) is 6.05. The lowest BCUT2D eigenvalue weighted by atomic mass is 10.2. The molecule has 1 aromatic heterocycles. The highest BCUT2D eigenvalue weighted by molar-refractivity contribution is 7.93. The first kappa shape index (κ1) is 19.9. The highest BCUT2D eigenvalue weighted by atomic mass is 32.2. The van der Waals surface area contributed by atoms with Crippen LogP contribution in [0.1, 0.15) is 18.7 Å². The number of thiophene rings is 1. The highest BCUT2D eigenvalue weighted by Crippen LogP contribution is 2.31. The smallest absolute Gasteiger partial charge is 0.216 e. The molecule has 138 valence electrons. The van der Waals surface area contributed by atoms with Gasteiger partial charge in [-0.15, -0.1) is 11.3 Å². The first-order valence-corrected chi connectivity index (χ1v) is 11.7. The summed E-state index contributed by atoms with van der Waals surface area (Å²) in [5.74, 6) is 0.428. The van der Waals surface area contributed by atoms with E-state index in [-0.39, 0.29) is 32.2 Å². The summed E-state index contributed by atoms with van der Waals surface area (Å²) in [7, 11) is -7.44. The summed E-state index contributed by atoms with van der Waals surface area (Å²) in [4.78, 5) is 0.525. The van der Waals surface area contributed by atoms with Crippen LogP contribution in [0.2, 0.25) is 0 Å². The Balaban J connectivity index is 2.56. The fraction of sp³-hybridized carbons (Fsp3) is 0.375. The fourth-order valence-corrected chi connectivity index (χ4v) is 5.43. The number of hydrogen-bond donors (Lipinski definition) is 1. The lowest BCUT2D eigenvalue weighted by Gasteiger charge is -2.12. The predicted molar refractivity (Wildman–Crippen MR) is 97.5 cm³/mol. The number of benzene rings is 1. The van der Waals surface area contributed by atoms with Gasteiger partial charge in [-0.2, -0.15) is 0 Å². The molecule has 0 amide bonds. The molecule has 2 N–H and O–H groups in total. The molecule has 0 saturated heterocycles. The van der Waals surface area contributed by atoms with E-state index < -0.39 is 19.7 Å². The summed E-state index contributed by atoms with van der Waals surface area (Å²) in [5, 5.41) is 0. The molecule has 2 rings (SSSR count). The minimum Gasteiger partial charge on any atom is -0.493 e. The van der Waals surface area contributed by atoms with Crippen LogP contribution >= 0.6 is 11.3 Å². The van der Waals surface area contributed by atoms with E-state index in [1.54, 1.807) is 6.07 Å². The third kappa shape index (κ3) is 4.81. The molecule has 0 aliphatic carbocycles. The Morgan fingerprint density at radius 1 is 1.08 bits per heavy atom. The molecule has 0 saturated carbocycles. The lowest BCUT2D eigenvalue weighted by molar-refractivity contribution is 0.270. The van der Waals surface area contributed by atoms with Gasteiger partial charge in [-0.3, -0.25) is 0 Å². The number of rotatable bonds is 7. The summed E-state index contributed by atoms with van der Waals surface area (Å²) in [6.07, 6.45) is 1.03. The summed E-state index contributed by atoms with van der Waals surface area (Å²) < 4.78 is 55.2. The van der Waals surface area contributed by atoms with E-state index in [9.17, 15) is 16.8 Å². The van der Waals surface area contributed by atoms with Crippen LogP contribution in [0.4, 0.5) is 0 Å². The Kier molecular flexibility index (Phi) is 5.93. The Morgan fingerprint density at radius 2 is 1.72 bits per heavy atom. The van der Waals surface area contributed by atoms with Crippen molar-refractivity contribution in [3.8, 4) is 5.75 Å². The highest BCUT2D eigenvalue weighted by Gasteiger charge is 2.23. The van der Waals surface area contributed by atoms with Crippen LogP contribution in [0, 0.1) is 5.92 Å². The monoisotopic (exact) mass is 403 g/mol. The molecule has 2 aromatic rings. The quantitative estimate of drug-likeness (QED) is 0.762. The summed E-state index contributed by atoms with van der Waals surface area (Å²) in [5.41, 5.74) is 5.53. The molecule has 0 fully saturated rings. The molecule has 0 atom stereocenters. The molecule has 0 bridgehead atoms. The topological polar surface area (TPSA) is 104 Å². The van der Waals surface area contributed by atoms with Crippen molar-refractivity contribution in [2.75, 3.05) is 12.9 Å². The van der Waals surface area contributed by atoms with Crippen molar-refractivity contribution in [1.82, 2.24) is 0 Å². The van der Waals surface area contributed by atoms with Crippen LogP contribution in [0.25, 0.3) is 0 Å². The van der Waals surface area contributed by atoms with Gasteiger partial charge < -0.3 is 10.5 Å².